The summed E-state index contributed by atoms with van der Waals surface area (Å²) in [5.74, 6) is -0.402. The van der Waals surface area contributed by atoms with Crippen LogP contribution in [0, 0.1) is 11.8 Å². The van der Waals surface area contributed by atoms with Crippen LogP contribution in [0.3, 0.4) is 0 Å². The van der Waals surface area contributed by atoms with Crippen LogP contribution in [-0.2, 0) is 4.79 Å². The third kappa shape index (κ3) is 8.32. The molecule has 1 saturated carbocycles. The molecule has 0 spiro atoms. The van der Waals surface area contributed by atoms with Crippen LogP contribution in [0.4, 0.5) is 0 Å². The van der Waals surface area contributed by atoms with Crippen molar-refractivity contribution in [1.29, 1.82) is 0 Å². The first-order valence-electron chi connectivity index (χ1n) is 14.0. The van der Waals surface area contributed by atoms with Crippen LogP contribution < -0.4 is 10.6 Å². The zero-order valence-corrected chi connectivity index (χ0v) is 22.3. The molecule has 1 heterocycles. The van der Waals surface area contributed by atoms with E-state index >= 15 is 0 Å². The fourth-order valence-corrected chi connectivity index (χ4v) is 5.06. The second-order valence-corrected chi connectivity index (χ2v) is 10.9. The fraction of sp³-hybridized carbons (Fsp3) is 0.690. The van der Waals surface area contributed by atoms with Gasteiger partial charge in [0.05, 0.1) is 12.1 Å². The van der Waals surface area contributed by atoms with E-state index in [1.807, 2.05) is 11.8 Å². The molecule has 0 aromatic heterocycles. The number of nitrogens with zero attached hydrogens (tertiary/aromatic N) is 1. The Morgan fingerprint density at radius 1 is 1.17 bits per heavy atom. The van der Waals surface area contributed by atoms with Gasteiger partial charge in [-0.15, -0.1) is 0 Å². The third-order valence-electron chi connectivity index (χ3n) is 7.53. The summed E-state index contributed by atoms with van der Waals surface area (Å²) in [5.41, 5.74) is 0.953. The van der Waals surface area contributed by atoms with Gasteiger partial charge in [0.1, 0.15) is 0 Å². The van der Waals surface area contributed by atoms with E-state index in [1.54, 1.807) is 24.3 Å². The van der Waals surface area contributed by atoms with Gasteiger partial charge in [0.15, 0.2) is 0 Å². The summed E-state index contributed by atoms with van der Waals surface area (Å²) in [6.45, 7) is 7.45. The highest BCUT2D eigenvalue weighted by Gasteiger charge is 2.33. The predicted molar refractivity (Wildman–Crippen MR) is 142 cm³/mol. The Labute approximate surface area is 216 Å². The molecule has 0 saturated heterocycles. The van der Waals surface area contributed by atoms with E-state index in [0.717, 1.165) is 57.9 Å². The molecule has 4 atom stereocenters. The molecule has 36 heavy (non-hydrogen) atoms. The van der Waals surface area contributed by atoms with Crippen molar-refractivity contribution in [3.63, 3.8) is 0 Å². The Bertz CT molecular complexity index is 885. The molecule has 2 bridgehead atoms. The van der Waals surface area contributed by atoms with Crippen molar-refractivity contribution in [2.45, 2.75) is 103 Å². The number of hydrogen-bond acceptors (Lipinski definition) is 4. The van der Waals surface area contributed by atoms with Crippen molar-refractivity contribution in [3.8, 4) is 0 Å². The number of hydrogen-bond donors (Lipinski definition) is 3. The quantitative estimate of drug-likeness (QED) is 0.465. The lowest BCUT2D eigenvalue weighted by atomic mass is 9.89. The smallest absolute Gasteiger partial charge is 0.254 e. The molecule has 3 amide bonds. The lowest BCUT2D eigenvalue weighted by Crippen LogP contribution is -2.46. The van der Waals surface area contributed by atoms with Crippen LogP contribution in [0.5, 0.6) is 0 Å². The van der Waals surface area contributed by atoms with E-state index in [1.165, 1.54) is 0 Å². The van der Waals surface area contributed by atoms with Crippen molar-refractivity contribution in [3.05, 3.63) is 35.4 Å². The summed E-state index contributed by atoms with van der Waals surface area (Å²) in [7, 11) is 0. The molecule has 3 N–H and O–H groups in total. The van der Waals surface area contributed by atoms with Gasteiger partial charge in [0.25, 0.3) is 11.8 Å². The van der Waals surface area contributed by atoms with Crippen molar-refractivity contribution in [2.75, 3.05) is 13.1 Å². The topological polar surface area (TPSA) is 98.7 Å². The molecule has 200 valence electrons. The minimum Gasteiger partial charge on any atom is -0.391 e. The van der Waals surface area contributed by atoms with E-state index in [9.17, 15) is 19.5 Å². The Balaban J connectivity index is 1.75. The molecule has 0 radical (unpaired) electrons. The monoisotopic (exact) mass is 499 g/mol. The molecular formula is C29H45N3O4. The molecule has 1 aliphatic heterocycles. The zero-order chi connectivity index (χ0) is 26.1. The molecule has 7 heteroatoms. The Hall–Kier alpha value is -2.41. The number of aliphatic hydroxyl groups excluding tert-OH is 1. The number of carbonyl (C=O) groups excluding carboxylic acids is 3. The maximum absolute atomic E-state index is 13.3. The van der Waals surface area contributed by atoms with Crippen molar-refractivity contribution in [2.24, 2.45) is 11.8 Å². The zero-order valence-electron chi connectivity index (χ0n) is 22.3. The molecule has 1 aliphatic carbocycles. The summed E-state index contributed by atoms with van der Waals surface area (Å²) < 4.78 is 0. The summed E-state index contributed by atoms with van der Waals surface area (Å²) in [4.78, 5) is 40.9. The molecule has 2 aliphatic rings. The average molecular weight is 500 g/mol. The van der Waals surface area contributed by atoms with Crippen molar-refractivity contribution in [1.82, 2.24) is 15.5 Å². The summed E-state index contributed by atoms with van der Waals surface area (Å²) in [5, 5.41) is 17.1. The van der Waals surface area contributed by atoms with Crippen LogP contribution in [0.2, 0.25) is 0 Å². The van der Waals surface area contributed by atoms with Gasteiger partial charge in [-0.2, -0.15) is 0 Å². The molecule has 7 nitrogen and oxygen atoms in total. The minimum absolute atomic E-state index is 0.00474. The number of rotatable bonds is 8. The molecule has 3 unspecified atom stereocenters. The van der Waals surface area contributed by atoms with Gasteiger partial charge in [0, 0.05) is 36.2 Å². The van der Waals surface area contributed by atoms with Crippen LogP contribution >= 0.6 is 0 Å². The van der Waals surface area contributed by atoms with E-state index < -0.39 is 12.1 Å². The average Bonchev–Trinajstić information content (AvgIpc) is 3.70. The van der Waals surface area contributed by atoms with Gasteiger partial charge in [-0.25, -0.2) is 0 Å². The lowest BCUT2D eigenvalue weighted by molar-refractivity contribution is -0.125. The third-order valence-corrected chi connectivity index (χ3v) is 7.53. The Morgan fingerprint density at radius 2 is 1.92 bits per heavy atom. The standard InChI is InChI=1S/C29H45N3O4/c1-4-5-15-30-27(34)21(3)18-26(33)25-17-20(2)10-7-6-8-16-32(24-13-14-24)29(36)23-12-9-11-22(19-23)28(35)31-25/h9,11-12,19-21,24-26,33H,4-8,10,13-18H2,1-3H3,(H,30,34)(H,31,35)/t20-,21?,25?,26?/m1/s1. The summed E-state index contributed by atoms with van der Waals surface area (Å²) in [6.07, 6.45) is 8.20. The highest BCUT2D eigenvalue weighted by molar-refractivity contribution is 6.00. The van der Waals surface area contributed by atoms with Crippen LogP contribution in [-0.4, -0.2) is 59.0 Å². The SMILES string of the molecule is CCCCNC(=O)C(C)CC(O)C1C[C@H](C)CCCCCN(C2CC2)C(=O)c2cccc(c2)C(=O)N1. The number of carbonyl (C=O) groups is 3. The molecule has 1 aromatic carbocycles. The van der Waals surface area contributed by atoms with E-state index in [0.29, 0.717) is 36.1 Å². The maximum Gasteiger partial charge on any atom is 0.254 e. The van der Waals surface area contributed by atoms with Crippen LogP contribution in [0.25, 0.3) is 0 Å². The first-order valence-corrected chi connectivity index (χ1v) is 14.0. The number of unbranched alkanes of at least 4 members (excludes halogenated alkanes) is 1. The van der Waals surface area contributed by atoms with E-state index in [-0.39, 0.29) is 30.1 Å². The van der Waals surface area contributed by atoms with E-state index in [4.69, 9.17) is 0 Å². The first kappa shape index (κ1) is 28.2. The number of fused-ring (bicyclic) bond motifs is 2. The summed E-state index contributed by atoms with van der Waals surface area (Å²) >= 11 is 0. The Morgan fingerprint density at radius 3 is 2.64 bits per heavy atom. The van der Waals surface area contributed by atoms with Gasteiger partial charge in [-0.05, 0) is 62.6 Å². The number of benzene rings is 1. The second-order valence-electron chi connectivity index (χ2n) is 10.9. The van der Waals surface area contributed by atoms with E-state index in [2.05, 4.69) is 24.5 Å². The normalized spacial score (nSPS) is 23.7. The Kier molecular flexibility index (Phi) is 10.8. The van der Waals surface area contributed by atoms with Gasteiger partial charge >= 0.3 is 0 Å². The summed E-state index contributed by atoms with van der Waals surface area (Å²) in [6, 6.07) is 6.77. The molecule has 1 fully saturated rings. The molecular weight excluding hydrogens is 454 g/mol. The van der Waals surface area contributed by atoms with Crippen LogP contribution in [0.15, 0.2) is 24.3 Å². The lowest BCUT2D eigenvalue weighted by Gasteiger charge is -2.28. The van der Waals surface area contributed by atoms with Crippen molar-refractivity contribution < 1.29 is 19.5 Å². The van der Waals surface area contributed by atoms with Crippen molar-refractivity contribution >= 4 is 17.7 Å². The largest absolute Gasteiger partial charge is 0.391 e. The predicted octanol–water partition coefficient (Wildman–Crippen LogP) is 4.29. The number of aliphatic hydroxyl groups is 1. The minimum atomic E-state index is -0.839. The van der Waals surface area contributed by atoms with Gasteiger partial charge in [0.2, 0.25) is 5.91 Å². The second kappa shape index (κ2) is 13.8. The number of amides is 3. The van der Waals surface area contributed by atoms with Crippen LogP contribution in [0.1, 0.15) is 106 Å². The highest BCUT2D eigenvalue weighted by atomic mass is 16.3. The first-order chi connectivity index (χ1) is 17.3. The highest BCUT2D eigenvalue weighted by Crippen LogP contribution is 2.29. The molecule has 3 rings (SSSR count). The molecule has 1 aromatic rings. The maximum atomic E-state index is 13.3. The fourth-order valence-electron chi connectivity index (χ4n) is 5.06. The van der Waals surface area contributed by atoms with Gasteiger partial charge in [-0.1, -0.05) is 52.5 Å². The van der Waals surface area contributed by atoms with Gasteiger partial charge < -0.3 is 20.6 Å². The van der Waals surface area contributed by atoms with Gasteiger partial charge in [-0.3, -0.25) is 14.4 Å². The number of nitrogens with one attached hydrogen (secondary N) is 2.